The van der Waals surface area contributed by atoms with Crippen molar-refractivity contribution in [1.29, 1.82) is 0 Å². The van der Waals surface area contributed by atoms with Gasteiger partial charge in [-0.3, -0.25) is 19.5 Å². The Kier molecular flexibility index (Phi) is 5.05. The summed E-state index contributed by atoms with van der Waals surface area (Å²) in [5, 5.41) is 14.9. The predicted octanol–water partition coefficient (Wildman–Crippen LogP) is 2.31. The molecule has 1 aromatic heterocycles. The second-order valence-electron chi connectivity index (χ2n) is 8.53. The zero-order valence-corrected chi connectivity index (χ0v) is 17.7. The Bertz CT molecular complexity index is 1330. The number of nitrogens with one attached hydrogen (secondary N) is 2. The van der Waals surface area contributed by atoms with Gasteiger partial charge in [-0.2, -0.15) is 0 Å². The van der Waals surface area contributed by atoms with Crippen molar-refractivity contribution in [1.82, 2.24) is 14.9 Å². The van der Waals surface area contributed by atoms with Crippen LogP contribution in [0, 0.1) is 16.0 Å². The third-order valence-electron chi connectivity index (χ3n) is 6.94. The van der Waals surface area contributed by atoms with E-state index in [0.29, 0.717) is 18.3 Å². The summed E-state index contributed by atoms with van der Waals surface area (Å²) in [6.07, 6.45) is 2.70. The minimum atomic E-state index is -0.553. The van der Waals surface area contributed by atoms with E-state index < -0.39 is 16.2 Å². The van der Waals surface area contributed by atoms with Crippen LogP contribution in [-0.2, 0) is 13.0 Å². The fourth-order valence-electron chi connectivity index (χ4n) is 5.43. The number of nitrogens with zero attached hydrogens (tertiary/aromatic N) is 2. The Morgan fingerprint density at radius 2 is 2.09 bits per heavy atom. The first-order valence-electron chi connectivity index (χ1n) is 10.8. The van der Waals surface area contributed by atoms with Crippen molar-refractivity contribution in [3.05, 3.63) is 78.5 Å². The van der Waals surface area contributed by atoms with E-state index >= 15 is 0 Å². The maximum Gasteiger partial charge on any atom is 0.328 e. The Morgan fingerprint density at radius 1 is 1.25 bits per heavy atom. The summed E-state index contributed by atoms with van der Waals surface area (Å²) in [5.74, 6) is 1.75. The molecule has 9 heteroatoms. The van der Waals surface area contributed by atoms with Crippen LogP contribution in [0.5, 0.6) is 5.75 Å². The molecule has 2 aliphatic rings. The molecule has 1 saturated heterocycles. The van der Waals surface area contributed by atoms with Crippen molar-refractivity contribution in [3.8, 4) is 5.75 Å². The van der Waals surface area contributed by atoms with E-state index in [-0.39, 0.29) is 29.2 Å². The summed E-state index contributed by atoms with van der Waals surface area (Å²) in [5.41, 5.74) is 1.58. The quantitative estimate of drug-likeness (QED) is 0.468. The van der Waals surface area contributed by atoms with Gasteiger partial charge in [-0.05, 0) is 55.0 Å². The number of hydrogen-bond acceptors (Lipinski definition) is 6. The first kappa shape index (κ1) is 20.4. The van der Waals surface area contributed by atoms with Crippen LogP contribution in [0.2, 0.25) is 0 Å². The van der Waals surface area contributed by atoms with Crippen LogP contribution in [-0.4, -0.2) is 34.2 Å². The van der Waals surface area contributed by atoms with Crippen molar-refractivity contribution in [3.63, 3.8) is 0 Å². The molecule has 3 atom stereocenters. The molecule has 3 aromatic rings. The van der Waals surface area contributed by atoms with Gasteiger partial charge in [0.05, 0.1) is 22.9 Å². The summed E-state index contributed by atoms with van der Waals surface area (Å²) in [4.78, 5) is 38.6. The van der Waals surface area contributed by atoms with Crippen molar-refractivity contribution < 1.29 is 9.66 Å². The van der Waals surface area contributed by atoms with Gasteiger partial charge in [0.2, 0.25) is 0 Å². The number of nitro benzene ring substituents is 1. The molecule has 1 aliphatic carbocycles. The molecule has 5 rings (SSSR count). The van der Waals surface area contributed by atoms with Gasteiger partial charge >= 0.3 is 5.69 Å². The minimum absolute atomic E-state index is 0.144. The van der Waals surface area contributed by atoms with Gasteiger partial charge < -0.3 is 15.0 Å². The third kappa shape index (κ3) is 3.29. The standard InChI is InChI=1S/C23H24N4O5/c1-32-20-4-2-3-16-15(20)7-5-13-12-24-18(21(13)16)9-10-26-22(28)17-8-6-14(27(30)31)11-19(17)25-23(26)29/h2-4,6,8,11,13,18,21,24H,5,7,9-10,12H2,1H3,(H,25,29)/t13-,18?,21+/m0/s1. The van der Waals surface area contributed by atoms with E-state index in [9.17, 15) is 19.7 Å². The second kappa shape index (κ2) is 7.90. The predicted molar refractivity (Wildman–Crippen MR) is 119 cm³/mol. The molecule has 9 nitrogen and oxygen atoms in total. The van der Waals surface area contributed by atoms with E-state index in [1.807, 2.05) is 12.1 Å². The summed E-state index contributed by atoms with van der Waals surface area (Å²) in [7, 11) is 1.69. The Hall–Kier alpha value is -3.46. The van der Waals surface area contributed by atoms with E-state index in [2.05, 4.69) is 16.4 Å². The molecule has 0 spiro atoms. The smallest absolute Gasteiger partial charge is 0.328 e. The van der Waals surface area contributed by atoms with Crippen molar-refractivity contribution in [2.24, 2.45) is 5.92 Å². The summed E-state index contributed by atoms with van der Waals surface area (Å²) in [6, 6.07) is 10.2. The first-order valence-corrected chi connectivity index (χ1v) is 10.8. The van der Waals surface area contributed by atoms with Crippen molar-refractivity contribution in [2.75, 3.05) is 13.7 Å². The molecule has 166 valence electrons. The van der Waals surface area contributed by atoms with Crippen molar-refractivity contribution in [2.45, 2.75) is 37.8 Å². The van der Waals surface area contributed by atoms with E-state index in [0.717, 1.165) is 25.1 Å². The number of H-pyrrole nitrogens is 1. The van der Waals surface area contributed by atoms with E-state index in [1.54, 1.807) is 7.11 Å². The van der Waals surface area contributed by atoms with Gasteiger partial charge in [-0.1, -0.05) is 12.1 Å². The molecule has 2 N–H and O–H groups in total. The highest BCUT2D eigenvalue weighted by atomic mass is 16.6. The number of aromatic amines is 1. The van der Waals surface area contributed by atoms with Crippen LogP contribution in [0.25, 0.3) is 10.9 Å². The molecule has 0 bridgehead atoms. The van der Waals surface area contributed by atoms with Crippen LogP contribution in [0.1, 0.15) is 29.9 Å². The maximum atomic E-state index is 12.9. The maximum absolute atomic E-state index is 12.9. The molecule has 1 unspecified atom stereocenters. The molecule has 0 radical (unpaired) electrons. The van der Waals surface area contributed by atoms with Gasteiger partial charge in [0, 0.05) is 30.6 Å². The Morgan fingerprint density at radius 3 is 2.88 bits per heavy atom. The van der Waals surface area contributed by atoms with Gasteiger partial charge in [-0.15, -0.1) is 0 Å². The fraction of sp³-hybridized carbons (Fsp3) is 0.391. The lowest BCUT2D eigenvalue weighted by Crippen LogP contribution is -2.38. The second-order valence-corrected chi connectivity index (χ2v) is 8.53. The average molecular weight is 436 g/mol. The van der Waals surface area contributed by atoms with Crippen LogP contribution in [0.3, 0.4) is 0 Å². The van der Waals surface area contributed by atoms with Crippen LogP contribution < -0.4 is 21.3 Å². The molecule has 32 heavy (non-hydrogen) atoms. The number of nitro groups is 1. The number of rotatable bonds is 5. The van der Waals surface area contributed by atoms with Gasteiger partial charge in [0.1, 0.15) is 5.75 Å². The number of aromatic nitrogens is 2. The molecule has 2 heterocycles. The SMILES string of the molecule is COc1cccc2c1CC[C@H]1CNC(CCn3c(=O)[nH]c4cc([N+](=O)[O-])ccc4c3=O)[C@@H]21. The highest BCUT2D eigenvalue weighted by molar-refractivity contribution is 5.79. The number of ether oxygens (including phenoxy) is 1. The Balaban J connectivity index is 1.43. The highest BCUT2D eigenvalue weighted by Crippen LogP contribution is 2.45. The fourth-order valence-corrected chi connectivity index (χ4v) is 5.43. The molecule has 0 amide bonds. The van der Waals surface area contributed by atoms with Gasteiger partial charge in [-0.25, -0.2) is 4.79 Å². The number of benzene rings is 2. The molecular weight excluding hydrogens is 412 g/mol. The normalized spacial score (nSPS) is 21.8. The van der Waals surface area contributed by atoms with Crippen molar-refractivity contribution >= 4 is 16.6 Å². The highest BCUT2D eigenvalue weighted by Gasteiger charge is 2.40. The largest absolute Gasteiger partial charge is 0.496 e. The number of methoxy groups -OCH3 is 1. The number of fused-ring (bicyclic) bond motifs is 4. The van der Waals surface area contributed by atoms with Gasteiger partial charge in [0.15, 0.2) is 0 Å². The number of non-ortho nitro benzene ring substituents is 1. The summed E-state index contributed by atoms with van der Waals surface area (Å²) in [6.45, 7) is 1.18. The monoisotopic (exact) mass is 436 g/mol. The zero-order valence-electron chi connectivity index (χ0n) is 17.7. The third-order valence-corrected chi connectivity index (χ3v) is 6.94. The summed E-state index contributed by atoms with van der Waals surface area (Å²) >= 11 is 0. The molecular formula is C23H24N4O5. The molecule has 1 fully saturated rings. The first-order chi connectivity index (χ1) is 15.5. The van der Waals surface area contributed by atoms with E-state index in [4.69, 9.17) is 4.74 Å². The van der Waals surface area contributed by atoms with Crippen LogP contribution in [0.4, 0.5) is 5.69 Å². The Labute approximate surface area is 183 Å². The molecule has 0 saturated carbocycles. The topological polar surface area (TPSA) is 119 Å². The van der Waals surface area contributed by atoms with Gasteiger partial charge in [0.25, 0.3) is 11.2 Å². The average Bonchev–Trinajstić information content (AvgIpc) is 3.21. The number of hydrogen-bond donors (Lipinski definition) is 2. The van der Waals surface area contributed by atoms with Crippen LogP contribution in [0.15, 0.2) is 46.0 Å². The van der Waals surface area contributed by atoms with Crippen LogP contribution >= 0.6 is 0 Å². The molecule has 1 aliphatic heterocycles. The molecule has 2 aromatic carbocycles. The lowest BCUT2D eigenvalue weighted by atomic mass is 9.73. The van der Waals surface area contributed by atoms with E-state index in [1.165, 1.54) is 33.9 Å². The minimum Gasteiger partial charge on any atom is -0.496 e. The zero-order chi connectivity index (χ0) is 22.4. The summed E-state index contributed by atoms with van der Waals surface area (Å²) < 4.78 is 6.76. The lowest BCUT2D eigenvalue weighted by molar-refractivity contribution is -0.384. The lowest BCUT2D eigenvalue weighted by Gasteiger charge is -2.32.